The Morgan fingerprint density at radius 3 is 2.65 bits per heavy atom. The highest BCUT2D eigenvalue weighted by atomic mass is 79.9. The molecule has 3 aliphatic rings. The summed E-state index contributed by atoms with van der Waals surface area (Å²) in [5, 5.41) is 11.1. The number of carbonyl (C=O) groups excluding carboxylic acids is 2. The number of ketones is 1. The lowest BCUT2D eigenvalue weighted by atomic mass is 9.55. The number of benzene rings is 1. The first kappa shape index (κ1) is 23.6. The van der Waals surface area contributed by atoms with Gasteiger partial charge < -0.3 is 40.8 Å². The predicted octanol–water partition coefficient (Wildman–Crippen LogP) is -0.900. The number of quaternary nitrogens is 1. The Morgan fingerprint density at radius 1 is 1.26 bits per heavy atom. The number of allylic oxidation sites excluding steroid dienone is 1. The smallest absolute Gasteiger partial charge is 0.361 e. The van der Waals surface area contributed by atoms with E-state index in [4.69, 9.17) is 14.2 Å². The van der Waals surface area contributed by atoms with Crippen LogP contribution in [0.3, 0.4) is 0 Å². The van der Waals surface area contributed by atoms with E-state index in [0.717, 1.165) is 30.5 Å². The van der Waals surface area contributed by atoms with Crippen LogP contribution >= 0.6 is 0 Å². The zero-order valence-electron chi connectivity index (χ0n) is 18.4. The standard InChI is InChI=1S/C23H29NO6.BrH/c1-24(13-20(26)30-4)9-5-8-23-12-17(25)19(29-3)11-15(23)16(24)10-14-6-7-18(28-2)22(27)21(14)23;/h6-7,11,15-16H,5,8-10,12-13H2,1-4H3;1H. The number of esters is 1. The largest absolute Gasteiger partial charge is 1.00 e. The molecule has 1 aliphatic heterocycles. The molecule has 1 heterocycles. The van der Waals surface area contributed by atoms with E-state index in [9.17, 15) is 14.7 Å². The molecule has 1 fully saturated rings. The van der Waals surface area contributed by atoms with E-state index >= 15 is 0 Å². The minimum Gasteiger partial charge on any atom is -1.00 e. The number of carbonyl (C=O) groups is 2. The van der Waals surface area contributed by atoms with Crippen molar-refractivity contribution in [3.8, 4) is 11.5 Å². The number of ether oxygens (including phenoxy) is 3. The number of likely N-dealkylation sites (tertiary alicyclic amines) is 1. The van der Waals surface area contributed by atoms with Crippen molar-refractivity contribution in [2.45, 2.75) is 37.1 Å². The molecule has 31 heavy (non-hydrogen) atoms. The number of fused-ring (bicyclic) bond motifs is 1. The summed E-state index contributed by atoms with van der Waals surface area (Å²) in [6.45, 7) is 1.07. The van der Waals surface area contributed by atoms with Gasteiger partial charge in [-0.1, -0.05) is 6.07 Å². The number of halogens is 1. The monoisotopic (exact) mass is 495 g/mol. The minimum absolute atomic E-state index is 0. The molecule has 1 aromatic carbocycles. The Morgan fingerprint density at radius 2 is 2.00 bits per heavy atom. The highest BCUT2D eigenvalue weighted by Crippen LogP contribution is 2.58. The normalized spacial score (nSPS) is 31.2. The molecule has 0 saturated carbocycles. The summed E-state index contributed by atoms with van der Waals surface area (Å²) in [7, 11) is 6.57. The van der Waals surface area contributed by atoms with Crippen LogP contribution in [0.2, 0.25) is 0 Å². The zero-order valence-corrected chi connectivity index (χ0v) is 20.0. The maximum Gasteiger partial charge on any atom is 0.361 e. The molecule has 170 valence electrons. The van der Waals surface area contributed by atoms with E-state index in [1.165, 1.54) is 21.3 Å². The summed E-state index contributed by atoms with van der Waals surface area (Å²) in [6, 6.07) is 3.83. The number of nitrogens with zero attached hydrogens (tertiary/aromatic N) is 1. The number of phenolic OH excluding ortho intramolecular Hbond substituents is 1. The van der Waals surface area contributed by atoms with Crippen LogP contribution in [0.5, 0.6) is 11.5 Å². The van der Waals surface area contributed by atoms with Crippen molar-refractivity contribution < 1.29 is 50.4 Å². The van der Waals surface area contributed by atoms with Gasteiger partial charge in [-0.15, -0.1) is 0 Å². The zero-order chi connectivity index (χ0) is 21.7. The van der Waals surface area contributed by atoms with Gasteiger partial charge in [0.15, 0.2) is 29.6 Å². The van der Waals surface area contributed by atoms with E-state index < -0.39 is 5.41 Å². The van der Waals surface area contributed by atoms with Crippen molar-refractivity contribution in [2.75, 3.05) is 41.5 Å². The lowest BCUT2D eigenvalue weighted by Crippen LogP contribution is -3.00. The fraction of sp³-hybridized carbons (Fsp3) is 0.565. The highest BCUT2D eigenvalue weighted by Gasteiger charge is 2.59. The van der Waals surface area contributed by atoms with Crippen LogP contribution in [0.25, 0.3) is 0 Å². The molecule has 7 nitrogen and oxygen atoms in total. The molecule has 0 radical (unpaired) electrons. The van der Waals surface area contributed by atoms with E-state index in [-0.39, 0.29) is 59.4 Å². The number of hydrogen-bond acceptors (Lipinski definition) is 6. The summed E-state index contributed by atoms with van der Waals surface area (Å²) in [5.41, 5.74) is 1.31. The van der Waals surface area contributed by atoms with Gasteiger partial charge in [0.1, 0.15) is 6.04 Å². The molecule has 0 amide bonds. The second kappa shape index (κ2) is 8.47. The number of rotatable bonds is 4. The molecular weight excluding hydrogens is 466 g/mol. The van der Waals surface area contributed by atoms with Crippen molar-refractivity contribution in [3.63, 3.8) is 0 Å². The Kier molecular flexibility index (Phi) is 6.45. The molecule has 4 unspecified atom stereocenters. The molecule has 1 aromatic rings. The van der Waals surface area contributed by atoms with E-state index in [1.54, 1.807) is 6.07 Å². The Bertz CT molecular complexity index is 931. The second-order valence-corrected chi connectivity index (χ2v) is 8.98. The first-order valence-electron chi connectivity index (χ1n) is 10.4. The van der Waals surface area contributed by atoms with Crippen LogP contribution in [0, 0.1) is 5.92 Å². The van der Waals surface area contributed by atoms with Gasteiger partial charge in [0, 0.05) is 29.7 Å². The third kappa shape index (κ3) is 3.53. The van der Waals surface area contributed by atoms with Crippen molar-refractivity contribution >= 4 is 11.8 Å². The van der Waals surface area contributed by atoms with Crippen molar-refractivity contribution in [3.05, 3.63) is 35.1 Å². The van der Waals surface area contributed by atoms with Gasteiger partial charge in [-0.05, 0) is 30.5 Å². The molecule has 8 heteroatoms. The first-order chi connectivity index (χ1) is 14.3. The third-order valence-electron chi connectivity index (χ3n) is 7.54. The first-order valence-corrected chi connectivity index (χ1v) is 10.4. The van der Waals surface area contributed by atoms with Gasteiger partial charge in [0.25, 0.3) is 0 Å². The van der Waals surface area contributed by atoms with Gasteiger partial charge in [0.05, 0.1) is 34.9 Å². The van der Waals surface area contributed by atoms with Gasteiger partial charge in [-0.3, -0.25) is 4.79 Å². The fourth-order valence-electron chi connectivity index (χ4n) is 6.15. The molecule has 0 spiro atoms. The van der Waals surface area contributed by atoms with Crippen molar-refractivity contribution in [1.82, 2.24) is 0 Å². The van der Waals surface area contributed by atoms with E-state index in [0.29, 0.717) is 22.4 Å². The molecule has 2 bridgehead atoms. The molecule has 4 rings (SSSR count). The lowest BCUT2D eigenvalue weighted by Gasteiger charge is -2.52. The second-order valence-electron chi connectivity index (χ2n) is 8.98. The topological polar surface area (TPSA) is 82.1 Å². The minimum atomic E-state index is -0.540. The molecule has 1 N–H and O–H groups in total. The number of methoxy groups -OCH3 is 3. The quantitative estimate of drug-likeness (QED) is 0.430. The van der Waals surface area contributed by atoms with Crippen molar-refractivity contribution in [2.24, 2.45) is 5.92 Å². The summed E-state index contributed by atoms with van der Waals surface area (Å²) < 4.78 is 16.3. The molecular formula is C23H30BrNO6. The SMILES string of the molecule is COC(=O)C[N+]1(C)CCCC23CC(=O)C(OC)=CC2C1Cc1ccc(OC)c(O)c13.[Br-]. The summed E-state index contributed by atoms with van der Waals surface area (Å²) in [6.07, 6.45) is 4.49. The number of hydrogen-bond donors (Lipinski definition) is 1. The van der Waals surface area contributed by atoms with Crippen LogP contribution in [0.15, 0.2) is 24.0 Å². The number of phenols is 1. The molecule has 4 atom stereocenters. The summed E-state index contributed by atoms with van der Waals surface area (Å²) >= 11 is 0. The van der Waals surface area contributed by atoms with Gasteiger partial charge in [-0.25, -0.2) is 4.79 Å². The van der Waals surface area contributed by atoms with Crippen LogP contribution in [-0.4, -0.2) is 68.9 Å². The summed E-state index contributed by atoms with van der Waals surface area (Å²) in [4.78, 5) is 25.2. The van der Waals surface area contributed by atoms with Gasteiger partial charge in [-0.2, -0.15) is 0 Å². The van der Waals surface area contributed by atoms with Crippen molar-refractivity contribution in [1.29, 1.82) is 0 Å². The van der Waals surface area contributed by atoms with Gasteiger partial charge >= 0.3 is 5.97 Å². The number of aromatic hydroxyl groups is 1. The number of Topliss-reactive ketones (excluding diaryl/α,β-unsaturated/α-hetero) is 1. The summed E-state index contributed by atoms with van der Waals surface area (Å²) in [5.74, 6) is 0.587. The number of likely N-dealkylation sites (N-methyl/N-ethyl adjacent to an activating group) is 1. The van der Waals surface area contributed by atoms with E-state index in [2.05, 4.69) is 7.05 Å². The average Bonchev–Trinajstić information content (AvgIpc) is 2.79. The highest BCUT2D eigenvalue weighted by molar-refractivity contribution is 5.96. The third-order valence-corrected chi connectivity index (χ3v) is 7.54. The lowest BCUT2D eigenvalue weighted by molar-refractivity contribution is -0.929. The average molecular weight is 496 g/mol. The Labute approximate surface area is 193 Å². The maximum atomic E-state index is 13.0. The molecule has 1 saturated heterocycles. The van der Waals surface area contributed by atoms with Crippen LogP contribution in [-0.2, 0) is 30.9 Å². The Balaban J connectivity index is 0.00000272. The van der Waals surface area contributed by atoms with Gasteiger partial charge in [0.2, 0.25) is 0 Å². The maximum absolute atomic E-state index is 13.0. The molecule has 2 aliphatic carbocycles. The fourth-order valence-corrected chi connectivity index (χ4v) is 6.15. The predicted molar refractivity (Wildman–Crippen MR) is 109 cm³/mol. The molecule has 0 aromatic heterocycles. The van der Waals surface area contributed by atoms with Crippen LogP contribution in [0.4, 0.5) is 0 Å². The van der Waals surface area contributed by atoms with Crippen LogP contribution in [0.1, 0.15) is 30.4 Å². The van der Waals surface area contributed by atoms with E-state index in [1.807, 2.05) is 12.1 Å². The Hall–Kier alpha value is -2.06. The van der Waals surface area contributed by atoms with Crippen LogP contribution < -0.4 is 21.7 Å².